The molecule has 0 aromatic heterocycles. The molecule has 0 spiro atoms. The molecule has 28 heavy (non-hydrogen) atoms. The lowest BCUT2D eigenvalue weighted by atomic mass is 10.2. The molecule has 0 aliphatic carbocycles. The second-order valence-corrected chi connectivity index (χ2v) is 7.24. The van der Waals surface area contributed by atoms with Crippen molar-refractivity contribution in [1.29, 1.82) is 0 Å². The number of methoxy groups -OCH3 is 1. The Hall–Kier alpha value is -2.09. The van der Waals surface area contributed by atoms with Gasteiger partial charge in [0.05, 0.1) is 22.9 Å². The highest BCUT2D eigenvalue weighted by molar-refractivity contribution is 9.10. The van der Waals surface area contributed by atoms with Crippen molar-refractivity contribution in [3.05, 3.63) is 52.5 Å². The lowest BCUT2D eigenvalue weighted by molar-refractivity contribution is 0.0682. The van der Waals surface area contributed by atoms with Crippen LogP contribution in [0.4, 0.5) is 5.69 Å². The topological polar surface area (TPSA) is 66.0 Å². The van der Waals surface area contributed by atoms with E-state index in [1.165, 1.54) is 0 Å². The number of anilines is 1. The summed E-state index contributed by atoms with van der Waals surface area (Å²) in [5.74, 6) is 1.07. The number of hydrogen-bond donors (Lipinski definition) is 1. The summed E-state index contributed by atoms with van der Waals surface area (Å²) in [6, 6.07) is 12.6. The summed E-state index contributed by atoms with van der Waals surface area (Å²) in [4.78, 5) is 12.7. The summed E-state index contributed by atoms with van der Waals surface area (Å²) in [6.07, 6.45) is 2.18. The second kappa shape index (κ2) is 10.5. The van der Waals surface area contributed by atoms with E-state index < -0.39 is 0 Å². The van der Waals surface area contributed by atoms with Crippen LogP contribution < -0.4 is 14.8 Å². The van der Waals surface area contributed by atoms with Gasteiger partial charge in [0.2, 0.25) is 0 Å². The molecular formula is C21H24BrNO5. The molecule has 1 fully saturated rings. The minimum absolute atomic E-state index is 0.116. The molecule has 1 amide bonds. The van der Waals surface area contributed by atoms with Crippen LogP contribution in [0.25, 0.3) is 0 Å². The molecule has 0 saturated carbocycles. The van der Waals surface area contributed by atoms with Gasteiger partial charge in [-0.1, -0.05) is 12.1 Å². The van der Waals surface area contributed by atoms with Crippen LogP contribution in [0.2, 0.25) is 0 Å². The fourth-order valence-electron chi connectivity index (χ4n) is 2.84. The van der Waals surface area contributed by atoms with Gasteiger partial charge in [0, 0.05) is 19.3 Å². The van der Waals surface area contributed by atoms with Crippen LogP contribution in [0.1, 0.15) is 23.2 Å². The number of ether oxygens (including phenoxy) is 4. The van der Waals surface area contributed by atoms with Gasteiger partial charge in [-0.05, 0) is 59.1 Å². The predicted octanol–water partition coefficient (Wildman–Crippen LogP) is 4.28. The summed E-state index contributed by atoms with van der Waals surface area (Å²) < 4.78 is 22.7. The highest BCUT2D eigenvalue weighted by Gasteiger charge is 2.17. The number of halogens is 1. The fraction of sp³-hybridized carbons (Fsp3) is 0.381. The van der Waals surface area contributed by atoms with Gasteiger partial charge in [-0.2, -0.15) is 0 Å². The molecule has 1 N–H and O–H groups in total. The standard InChI is InChI=1S/C21H24BrNO5/c1-25-11-12-27-19-9-8-15(13-17(19)22)21(24)23-18-6-2-3-7-20(18)28-14-16-5-4-10-26-16/h2-3,6-9,13,16H,4-5,10-12,14H2,1H3,(H,23,24). The van der Waals surface area contributed by atoms with Crippen LogP contribution in [-0.4, -0.2) is 45.5 Å². The first-order valence-corrected chi connectivity index (χ1v) is 10.0. The molecule has 0 radical (unpaired) electrons. The van der Waals surface area contributed by atoms with Crippen molar-refractivity contribution in [2.24, 2.45) is 0 Å². The SMILES string of the molecule is COCCOc1ccc(C(=O)Nc2ccccc2OCC2CCCO2)cc1Br. The van der Waals surface area contributed by atoms with Crippen molar-refractivity contribution in [2.75, 3.05) is 38.9 Å². The molecule has 2 aromatic rings. The Morgan fingerprint density at radius 3 is 2.79 bits per heavy atom. The van der Waals surface area contributed by atoms with Gasteiger partial charge in [-0.3, -0.25) is 4.79 Å². The van der Waals surface area contributed by atoms with E-state index >= 15 is 0 Å². The van der Waals surface area contributed by atoms with Crippen molar-refractivity contribution >= 4 is 27.5 Å². The van der Waals surface area contributed by atoms with Crippen LogP contribution in [0.15, 0.2) is 46.9 Å². The maximum atomic E-state index is 12.7. The predicted molar refractivity (Wildman–Crippen MR) is 110 cm³/mol. The molecule has 6 nitrogen and oxygen atoms in total. The third-order valence-corrected chi connectivity index (χ3v) is 4.94. The normalized spacial score (nSPS) is 16.0. The van der Waals surface area contributed by atoms with E-state index in [4.69, 9.17) is 18.9 Å². The number of nitrogens with one attached hydrogen (secondary N) is 1. The van der Waals surface area contributed by atoms with Gasteiger partial charge in [0.1, 0.15) is 24.7 Å². The van der Waals surface area contributed by atoms with E-state index in [-0.39, 0.29) is 12.0 Å². The Balaban J connectivity index is 1.63. The van der Waals surface area contributed by atoms with E-state index in [0.717, 1.165) is 19.4 Å². The van der Waals surface area contributed by atoms with E-state index in [1.807, 2.05) is 24.3 Å². The van der Waals surface area contributed by atoms with Gasteiger partial charge in [-0.25, -0.2) is 0 Å². The third-order valence-electron chi connectivity index (χ3n) is 4.32. The van der Waals surface area contributed by atoms with Crippen molar-refractivity contribution in [3.63, 3.8) is 0 Å². The maximum absolute atomic E-state index is 12.7. The Morgan fingerprint density at radius 1 is 1.18 bits per heavy atom. The largest absolute Gasteiger partial charge is 0.490 e. The Labute approximate surface area is 173 Å². The fourth-order valence-corrected chi connectivity index (χ4v) is 3.34. The second-order valence-electron chi connectivity index (χ2n) is 6.38. The molecule has 3 rings (SSSR count). The summed E-state index contributed by atoms with van der Waals surface area (Å²) in [7, 11) is 1.62. The molecule has 2 aromatic carbocycles. The number of benzene rings is 2. The quantitative estimate of drug-likeness (QED) is 0.578. The molecule has 7 heteroatoms. The zero-order valence-corrected chi connectivity index (χ0v) is 17.4. The zero-order chi connectivity index (χ0) is 19.8. The molecule has 1 unspecified atom stereocenters. The number of carbonyl (C=O) groups is 1. The van der Waals surface area contributed by atoms with Crippen LogP contribution in [-0.2, 0) is 9.47 Å². The van der Waals surface area contributed by atoms with Crippen LogP contribution in [0.5, 0.6) is 11.5 Å². The zero-order valence-electron chi connectivity index (χ0n) is 15.8. The lowest BCUT2D eigenvalue weighted by Gasteiger charge is -2.15. The summed E-state index contributed by atoms with van der Waals surface area (Å²) >= 11 is 3.45. The van der Waals surface area contributed by atoms with Crippen LogP contribution in [0, 0.1) is 0 Å². The number of para-hydroxylation sites is 2. The molecule has 1 aliphatic heterocycles. The van der Waals surface area contributed by atoms with Gasteiger partial charge in [0.15, 0.2) is 0 Å². The molecule has 1 saturated heterocycles. The van der Waals surface area contributed by atoms with Gasteiger partial charge < -0.3 is 24.3 Å². The summed E-state index contributed by atoms with van der Waals surface area (Å²) in [6.45, 7) is 2.20. The minimum Gasteiger partial charge on any atom is -0.490 e. The third kappa shape index (κ3) is 5.70. The number of amides is 1. The minimum atomic E-state index is -0.225. The average molecular weight is 450 g/mol. The Kier molecular flexibility index (Phi) is 7.71. The van der Waals surface area contributed by atoms with Crippen molar-refractivity contribution in [1.82, 2.24) is 0 Å². The molecular weight excluding hydrogens is 426 g/mol. The number of carbonyl (C=O) groups excluding carboxylic acids is 1. The molecule has 0 bridgehead atoms. The molecule has 1 heterocycles. The van der Waals surface area contributed by atoms with E-state index in [0.29, 0.717) is 47.0 Å². The Morgan fingerprint density at radius 2 is 2.04 bits per heavy atom. The molecule has 150 valence electrons. The van der Waals surface area contributed by atoms with E-state index in [2.05, 4.69) is 21.2 Å². The number of hydrogen-bond acceptors (Lipinski definition) is 5. The van der Waals surface area contributed by atoms with Gasteiger partial charge >= 0.3 is 0 Å². The lowest BCUT2D eigenvalue weighted by Crippen LogP contribution is -2.18. The first kappa shape index (κ1) is 20.6. The Bertz CT molecular complexity index is 792. The highest BCUT2D eigenvalue weighted by Crippen LogP contribution is 2.28. The van der Waals surface area contributed by atoms with Crippen LogP contribution >= 0.6 is 15.9 Å². The van der Waals surface area contributed by atoms with Gasteiger partial charge in [0.25, 0.3) is 5.91 Å². The molecule has 1 atom stereocenters. The van der Waals surface area contributed by atoms with E-state index in [9.17, 15) is 4.79 Å². The smallest absolute Gasteiger partial charge is 0.255 e. The van der Waals surface area contributed by atoms with Crippen molar-refractivity contribution < 1.29 is 23.7 Å². The van der Waals surface area contributed by atoms with E-state index in [1.54, 1.807) is 25.3 Å². The number of rotatable bonds is 9. The summed E-state index contributed by atoms with van der Waals surface area (Å²) in [5.41, 5.74) is 1.14. The van der Waals surface area contributed by atoms with Crippen molar-refractivity contribution in [3.8, 4) is 11.5 Å². The summed E-state index contributed by atoms with van der Waals surface area (Å²) in [5, 5.41) is 2.91. The first-order valence-electron chi connectivity index (χ1n) is 9.23. The molecule has 1 aliphatic rings. The van der Waals surface area contributed by atoms with Crippen LogP contribution in [0.3, 0.4) is 0 Å². The highest BCUT2D eigenvalue weighted by atomic mass is 79.9. The van der Waals surface area contributed by atoms with Crippen molar-refractivity contribution in [2.45, 2.75) is 18.9 Å². The maximum Gasteiger partial charge on any atom is 0.255 e. The average Bonchev–Trinajstić information content (AvgIpc) is 3.22. The van der Waals surface area contributed by atoms with Gasteiger partial charge in [-0.15, -0.1) is 0 Å². The monoisotopic (exact) mass is 449 g/mol. The first-order chi connectivity index (χ1) is 13.7.